The summed E-state index contributed by atoms with van der Waals surface area (Å²) in [5.74, 6) is 1.16. The van der Waals surface area contributed by atoms with E-state index in [-0.39, 0.29) is 0 Å². The van der Waals surface area contributed by atoms with E-state index in [9.17, 15) is 0 Å². The first-order valence-electron chi connectivity index (χ1n) is 18.8. The van der Waals surface area contributed by atoms with Crippen LogP contribution >= 0.6 is 17.0 Å². The number of rotatable bonds is 6. The van der Waals surface area contributed by atoms with E-state index in [1.54, 1.807) is 0 Å². The first-order valence-corrected chi connectivity index (χ1v) is 32.0. The molecule has 0 amide bonds. The van der Waals surface area contributed by atoms with Gasteiger partial charge in [-0.1, -0.05) is 127 Å². The van der Waals surface area contributed by atoms with Crippen molar-refractivity contribution < 1.29 is 20.8 Å². The maximum absolute atomic E-state index is 5.98. The number of nitrogens with zero attached hydrogens (tertiary/aromatic N) is 1. The first kappa shape index (κ1) is 45.4. The van der Waals surface area contributed by atoms with Crippen molar-refractivity contribution in [2.45, 2.75) is 107 Å². The van der Waals surface area contributed by atoms with Crippen LogP contribution in [-0.2, 0) is 20.8 Å². The first-order chi connectivity index (χ1) is 24.7. The molecule has 0 saturated heterocycles. The summed E-state index contributed by atoms with van der Waals surface area (Å²) >= 11 is -0.826. The van der Waals surface area contributed by atoms with Crippen molar-refractivity contribution >= 4 is 63.0 Å². The number of hydrogen-bond acceptors (Lipinski definition) is 1. The van der Waals surface area contributed by atoms with E-state index in [4.69, 9.17) is 25.0 Å². The zero-order valence-corrected chi connectivity index (χ0v) is 40.6. The monoisotopic (exact) mass is 853 g/mol. The van der Waals surface area contributed by atoms with Gasteiger partial charge in [-0.25, -0.2) is 0 Å². The van der Waals surface area contributed by atoms with E-state index in [0.29, 0.717) is 11.8 Å². The molecule has 0 bridgehead atoms. The van der Waals surface area contributed by atoms with Gasteiger partial charge in [0, 0.05) is 0 Å². The van der Waals surface area contributed by atoms with Gasteiger partial charge in [0.05, 0.1) is 0 Å². The van der Waals surface area contributed by atoms with Gasteiger partial charge in [-0.15, -0.1) is 69.1 Å². The summed E-state index contributed by atoms with van der Waals surface area (Å²) in [7, 11) is 13.4. The van der Waals surface area contributed by atoms with Gasteiger partial charge in [-0.2, -0.15) is 12.1 Å². The topological polar surface area (TPSA) is 3.24 Å². The van der Waals surface area contributed by atoms with Gasteiger partial charge in [0.1, 0.15) is 16.5 Å². The Morgan fingerprint density at radius 2 is 0.849 bits per heavy atom. The minimum absolute atomic E-state index is 0.578. The van der Waals surface area contributed by atoms with Crippen LogP contribution in [0.25, 0.3) is 43.8 Å². The average molecular weight is 856 g/mol. The molecule has 278 valence electrons. The molecule has 53 heavy (non-hydrogen) atoms. The van der Waals surface area contributed by atoms with E-state index in [1.165, 1.54) is 77.2 Å². The molecule has 0 N–H and O–H groups in total. The van der Waals surface area contributed by atoms with Crippen LogP contribution in [0.5, 0.6) is 0 Å². The Morgan fingerprint density at radius 1 is 0.547 bits per heavy atom. The van der Waals surface area contributed by atoms with Crippen molar-refractivity contribution in [3.8, 4) is 22.3 Å². The van der Waals surface area contributed by atoms with E-state index in [2.05, 4.69) is 196 Å². The molecule has 7 heteroatoms. The van der Waals surface area contributed by atoms with Crippen LogP contribution in [0.4, 0.5) is 0 Å². The van der Waals surface area contributed by atoms with Crippen molar-refractivity contribution in [3.05, 3.63) is 130 Å². The van der Waals surface area contributed by atoms with Crippen LogP contribution < -0.4 is 0 Å². The summed E-state index contributed by atoms with van der Waals surface area (Å²) in [5.41, 5.74) is 13.8. The standard InChI is InChI=1S/2C20H21.C6H18BNSi2.2ClH.Zr/c2*1-13(2)17-11-16-8-6-10-19(20(16)12-17)18-9-5-7-14(3)15(18)4;1-9(2,3)8(7)10(4,5)6;;;/h2*5-13H,1-4H3;1-6H3;2*1H;/q2*-1;;;;+4/p-2. The van der Waals surface area contributed by atoms with Crippen LogP contribution in [0.1, 0.15) is 72.9 Å². The molecule has 6 rings (SSSR count). The van der Waals surface area contributed by atoms with E-state index < -0.39 is 37.3 Å². The number of halogens is 2. The van der Waals surface area contributed by atoms with Crippen LogP contribution in [0, 0.1) is 27.7 Å². The maximum atomic E-state index is 5.98. The molecule has 0 aliphatic heterocycles. The SMILES string of the molecule is Cc1cccc(-c2cccc3[cH-]c(C(C)C)cc23)c1C.Cc1cccc(-c2cccc3[cH-]c(C(C)C)cc23)c1C.[B]N([Si](C)(C)C)[Si](C)(C)C.[Cl][Zr+2][Cl]. The van der Waals surface area contributed by atoms with Gasteiger partial charge in [-0.3, -0.25) is 0 Å². The van der Waals surface area contributed by atoms with E-state index >= 15 is 0 Å². The molecule has 6 aromatic carbocycles. The van der Waals surface area contributed by atoms with Crippen molar-refractivity contribution in [1.29, 1.82) is 0 Å². The quantitative estimate of drug-likeness (QED) is 0.119. The van der Waals surface area contributed by atoms with E-state index in [1.807, 2.05) is 0 Å². The van der Waals surface area contributed by atoms with Gasteiger partial charge in [0.25, 0.3) is 0 Å². The zero-order valence-electron chi connectivity index (χ0n) is 34.7. The summed E-state index contributed by atoms with van der Waals surface area (Å²) in [5, 5.41) is 5.47. The zero-order chi connectivity index (χ0) is 39.8. The normalized spacial score (nSPS) is 11.5. The minimum atomic E-state index is -1.22. The van der Waals surface area contributed by atoms with Crippen LogP contribution in [0.2, 0.25) is 39.3 Å². The van der Waals surface area contributed by atoms with Crippen molar-refractivity contribution in [2.24, 2.45) is 0 Å². The second kappa shape index (κ2) is 19.7. The molecule has 6 aromatic rings. The molecular weight excluding hydrogens is 796 g/mol. The van der Waals surface area contributed by atoms with Gasteiger partial charge in [0.2, 0.25) is 0 Å². The average Bonchev–Trinajstić information content (AvgIpc) is 3.73. The summed E-state index contributed by atoms with van der Waals surface area (Å²) in [6.07, 6.45) is 0. The predicted octanol–water partition coefficient (Wildman–Crippen LogP) is 15.4. The second-order valence-corrected chi connectivity index (χ2v) is 30.6. The molecular formula is C46H60BCl2NSi2Zr. The third-order valence-electron chi connectivity index (χ3n) is 10.1. The molecule has 2 radical (unpaired) electrons. The van der Waals surface area contributed by atoms with Gasteiger partial charge in [0.15, 0.2) is 7.98 Å². The molecule has 0 unspecified atom stereocenters. The number of benzene rings is 4. The van der Waals surface area contributed by atoms with Crippen LogP contribution in [-0.4, -0.2) is 28.6 Å². The molecule has 0 spiro atoms. The van der Waals surface area contributed by atoms with Crippen molar-refractivity contribution in [3.63, 3.8) is 0 Å². The van der Waals surface area contributed by atoms with Crippen molar-refractivity contribution in [1.82, 2.24) is 4.14 Å². The molecule has 1 nitrogen and oxygen atoms in total. The fourth-order valence-electron chi connectivity index (χ4n) is 6.74. The molecule has 0 saturated carbocycles. The van der Waals surface area contributed by atoms with Crippen molar-refractivity contribution in [2.75, 3.05) is 0 Å². The molecule has 0 fully saturated rings. The van der Waals surface area contributed by atoms with Crippen LogP contribution in [0.15, 0.2) is 97.1 Å². The summed E-state index contributed by atoms with van der Waals surface area (Å²) < 4.78 is 2.15. The summed E-state index contributed by atoms with van der Waals surface area (Å²) in [4.78, 5) is 0. The summed E-state index contributed by atoms with van der Waals surface area (Å²) in [6.45, 7) is 31.5. The molecule has 0 aromatic heterocycles. The Hall–Kier alpha value is -1.98. The Balaban J connectivity index is 0.000000218. The third-order valence-corrected chi connectivity index (χ3v) is 17.0. The Morgan fingerprint density at radius 3 is 1.13 bits per heavy atom. The number of hydrogen-bond donors (Lipinski definition) is 0. The van der Waals surface area contributed by atoms with Gasteiger partial charge < -0.3 is 4.14 Å². The predicted molar refractivity (Wildman–Crippen MR) is 243 cm³/mol. The third kappa shape index (κ3) is 12.0. The molecule has 0 heterocycles. The Labute approximate surface area is 344 Å². The van der Waals surface area contributed by atoms with E-state index in [0.717, 1.165) is 0 Å². The van der Waals surface area contributed by atoms with Gasteiger partial charge >= 0.3 is 37.9 Å². The number of fused-ring (bicyclic) bond motifs is 2. The molecule has 0 aliphatic carbocycles. The fourth-order valence-corrected chi connectivity index (χ4v) is 14.8. The molecule has 0 aliphatic rings. The Bertz CT molecular complexity index is 1930. The molecule has 0 atom stereocenters. The number of aryl methyl sites for hydroxylation is 2. The Kier molecular flexibility index (Phi) is 16.9. The van der Waals surface area contributed by atoms with Crippen LogP contribution in [0.3, 0.4) is 0 Å². The second-order valence-electron chi connectivity index (χ2n) is 16.8. The van der Waals surface area contributed by atoms with Gasteiger partial charge in [-0.05, 0) is 72.9 Å². The fraction of sp³-hybridized carbons (Fsp3) is 0.348. The summed E-state index contributed by atoms with van der Waals surface area (Å²) in [6, 6.07) is 35.8.